The average molecular weight is 332 g/mol. The molecular weight excluding hydrogens is 304 g/mol. The molecule has 0 spiro atoms. The van der Waals surface area contributed by atoms with Crippen molar-refractivity contribution < 1.29 is 14.3 Å². The zero-order valence-electron chi connectivity index (χ0n) is 14.9. The molecule has 1 heterocycles. The van der Waals surface area contributed by atoms with Gasteiger partial charge in [0, 0.05) is 32.6 Å². The summed E-state index contributed by atoms with van der Waals surface area (Å²) in [6, 6.07) is 10.1. The molecule has 0 aromatic heterocycles. The second-order valence-corrected chi connectivity index (χ2v) is 7.30. The third-order valence-corrected chi connectivity index (χ3v) is 4.03. The molecular formula is C19H28N2O3. The Balaban J connectivity index is 2.06. The van der Waals surface area contributed by atoms with Gasteiger partial charge in [-0.25, -0.2) is 4.79 Å². The highest BCUT2D eigenvalue weighted by Gasteiger charge is 2.31. The Hall–Kier alpha value is -1.88. The second kappa shape index (κ2) is 8.29. The summed E-state index contributed by atoms with van der Waals surface area (Å²) in [6.45, 7) is 8.63. The van der Waals surface area contributed by atoms with E-state index >= 15 is 0 Å². The predicted molar refractivity (Wildman–Crippen MR) is 93.7 cm³/mol. The monoisotopic (exact) mass is 332 g/mol. The second-order valence-electron chi connectivity index (χ2n) is 7.30. The lowest BCUT2D eigenvalue weighted by Gasteiger charge is -2.32. The first-order valence-electron chi connectivity index (χ1n) is 8.58. The molecule has 1 unspecified atom stereocenters. The molecule has 1 aromatic rings. The Kier molecular flexibility index (Phi) is 6.37. The molecule has 0 N–H and O–H groups in total. The van der Waals surface area contributed by atoms with Crippen LogP contribution in [0.5, 0.6) is 0 Å². The van der Waals surface area contributed by atoms with Crippen molar-refractivity contribution >= 4 is 12.4 Å². The summed E-state index contributed by atoms with van der Waals surface area (Å²) in [6.07, 6.45) is 1.79. The summed E-state index contributed by atoms with van der Waals surface area (Å²) >= 11 is 0. The summed E-state index contributed by atoms with van der Waals surface area (Å²) in [5.41, 5.74) is 0.715. The Morgan fingerprint density at radius 2 is 1.96 bits per heavy atom. The maximum absolute atomic E-state index is 12.5. The van der Waals surface area contributed by atoms with Crippen LogP contribution in [0.15, 0.2) is 30.3 Å². The van der Waals surface area contributed by atoms with E-state index in [2.05, 4.69) is 17.0 Å². The van der Waals surface area contributed by atoms with Crippen LogP contribution >= 0.6 is 0 Å². The first-order valence-corrected chi connectivity index (χ1v) is 8.58. The molecule has 1 aliphatic rings. The highest BCUT2D eigenvalue weighted by molar-refractivity contribution is 5.69. The van der Waals surface area contributed by atoms with Gasteiger partial charge in [0.1, 0.15) is 11.9 Å². The van der Waals surface area contributed by atoms with E-state index in [4.69, 9.17) is 4.74 Å². The summed E-state index contributed by atoms with van der Waals surface area (Å²) in [5.74, 6) is 0. The van der Waals surface area contributed by atoms with Gasteiger partial charge in [-0.2, -0.15) is 0 Å². The molecule has 0 saturated carbocycles. The van der Waals surface area contributed by atoms with Crippen molar-refractivity contribution in [2.24, 2.45) is 0 Å². The molecule has 5 heteroatoms. The van der Waals surface area contributed by atoms with Crippen molar-refractivity contribution in [3.8, 4) is 0 Å². The molecule has 132 valence electrons. The van der Waals surface area contributed by atoms with E-state index in [9.17, 15) is 9.59 Å². The van der Waals surface area contributed by atoms with Gasteiger partial charge in [-0.05, 0) is 32.8 Å². The largest absolute Gasteiger partial charge is 0.444 e. The molecule has 1 amide bonds. The van der Waals surface area contributed by atoms with Crippen molar-refractivity contribution in [2.75, 3.05) is 19.6 Å². The van der Waals surface area contributed by atoms with Gasteiger partial charge in [0.05, 0.1) is 6.04 Å². The van der Waals surface area contributed by atoms with Crippen LogP contribution in [-0.2, 0) is 16.1 Å². The molecule has 24 heavy (non-hydrogen) atoms. The molecule has 1 saturated heterocycles. The number of carbonyl (C=O) groups excluding carboxylic acids is 2. The summed E-state index contributed by atoms with van der Waals surface area (Å²) < 4.78 is 5.52. The lowest BCUT2D eigenvalue weighted by atomic mass is 10.1. The van der Waals surface area contributed by atoms with E-state index in [1.165, 1.54) is 5.56 Å². The zero-order valence-corrected chi connectivity index (χ0v) is 14.9. The Labute approximate surface area is 144 Å². The number of benzene rings is 1. The van der Waals surface area contributed by atoms with Crippen molar-refractivity contribution in [1.82, 2.24) is 9.80 Å². The molecule has 0 radical (unpaired) electrons. The van der Waals surface area contributed by atoms with Crippen molar-refractivity contribution in [1.29, 1.82) is 0 Å². The van der Waals surface area contributed by atoms with E-state index in [0.29, 0.717) is 19.5 Å². The Morgan fingerprint density at radius 1 is 1.25 bits per heavy atom. The highest BCUT2D eigenvalue weighted by atomic mass is 16.6. The van der Waals surface area contributed by atoms with Gasteiger partial charge in [0.15, 0.2) is 0 Å². The quantitative estimate of drug-likeness (QED) is 0.795. The van der Waals surface area contributed by atoms with E-state index in [0.717, 1.165) is 25.8 Å². The number of hydrogen-bond donors (Lipinski definition) is 0. The highest BCUT2D eigenvalue weighted by Crippen LogP contribution is 2.18. The van der Waals surface area contributed by atoms with Crippen LogP contribution in [0.25, 0.3) is 0 Å². The molecule has 1 aromatic carbocycles. The fourth-order valence-electron chi connectivity index (χ4n) is 2.99. The van der Waals surface area contributed by atoms with Gasteiger partial charge in [-0.15, -0.1) is 0 Å². The third kappa shape index (κ3) is 5.64. The van der Waals surface area contributed by atoms with Gasteiger partial charge in [-0.3, -0.25) is 4.90 Å². The van der Waals surface area contributed by atoms with Gasteiger partial charge in [0.25, 0.3) is 0 Å². The standard InChI is InChI=1S/C19H28N2O3/c1-19(2,3)24-18(23)21-12-7-11-20(15-17(21)10-13-22)14-16-8-5-4-6-9-16/h4-6,8-9,13,17H,7,10-12,14-15H2,1-3H3. The van der Waals surface area contributed by atoms with Crippen LogP contribution in [-0.4, -0.2) is 53.5 Å². The van der Waals surface area contributed by atoms with Crippen LogP contribution < -0.4 is 0 Å². The molecule has 1 atom stereocenters. The lowest BCUT2D eigenvalue weighted by Crippen LogP contribution is -2.46. The smallest absolute Gasteiger partial charge is 0.410 e. The van der Waals surface area contributed by atoms with Gasteiger partial charge in [-0.1, -0.05) is 30.3 Å². The number of carbonyl (C=O) groups is 2. The topological polar surface area (TPSA) is 49.9 Å². The number of aldehydes is 1. The van der Waals surface area contributed by atoms with Crippen LogP contribution in [0.4, 0.5) is 4.79 Å². The predicted octanol–water partition coefficient (Wildman–Crippen LogP) is 3.09. The van der Waals surface area contributed by atoms with Crippen molar-refractivity contribution in [3.63, 3.8) is 0 Å². The van der Waals surface area contributed by atoms with Gasteiger partial charge in [0.2, 0.25) is 0 Å². The van der Waals surface area contributed by atoms with E-state index in [-0.39, 0.29) is 12.1 Å². The maximum Gasteiger partial charge on any atom is 0.410 e. The normalized spacial score (nSPS) is 19.6. The van der Waals surface area contributed by atoms with Crippen molar-refractivity contribution in [3.05, 3.63) is 35.9 Å². The van der Waals surface area contributed by atoms with Crippen LogP contribution in [0.3, 0.4) is 0 Å². The minimum atomic E-state index is -0.529. The molecule has 1 aliphatic heterocycles. The summed E-state index contributed by atoms with van der Waals surface area (Å²) in [4.78, 5) is 27.6. The van der Waals surface area contributed by atoms with Crippen molar-refractivity contribution in [2.45, 2.75) is 51.8 Å². The number of nitrogens with zero attached hydrogens (tertiary/aromatic N) is 2. The number of rotatable bonds is 4. The Morgan fingerprint density at radius 3 is 2.58 bits per heavy atom. The first-order chi connectivity index (χ1) is 11.4. The summed E-state index contributed by atoms with van der Waals surface area (Å²) in [7, 11) is 0. The summed E-state index contributed by atoms with van der Waals surface area (Å²) in [5, 5.41) is 0. The van der Waals surface area contributed by atoms with Gasteiger partial charge >= 0.3 is 6.09 Å². The molecule has 0 aliphatic carbocycles. The molecule has 2 rings (SSSR count). The molecule has 0 bridgehead atoms. The van der Waals surface area contributed by atoms with Gasteiger partial charge < -0.3 is 14.4 Å². The van der Waals surface area contributed by atoms with E-state index in [1.807, 2.05) is 39.0 Å². The molecule has 1 fully saturated rings. The van der Waals surface area contributed by atoms with Crippen LogP contribution in [0.2, 0.25) is 0 Å². The van der Waals surface area contributed by atoms with Crippen LogP contribution in [0, 0.1) is 0 Å². The zero-order chi connectivity index (χ0) is 17.6. The minimum absolute atomic E-state index is 0.136. The SMILES string of the molecule is CC(C)(C)OC(=O)N1CCCN(Cc2ccccc2)CC1CC=O. The first kappa shape index (κ1) is 18.5. The maximum atomic E-state index is 12.5. The number of ether oxygens (including phenoxy) is 1. The fourth-order valence-corrected chi connectivity index (χ4v) is 2.99. The third-order valence-electron chi connectivity index (χ3n) is 4.03. The molecule has 5 nitrogen and oxygen atoms in total. The number of amides is 1. The lowest BCUT2D eigenvalue weighted by molar-refractivity contribution is -0.108. The number of hydrogen-bond acceptors (Lipinski definition) is 4. The van der Waals surface area contributed by atoms with E-state index < -0.39 is 5.60 Å². The van der Waals surface area contributed by atoms with E-state index in [1.54, 1.807) is 4.90 Å². The Bertz CT molecular complexity index is 539. The fraction of sp³-hybridized carbons (Fsp3) is 0.579. The minimum Gasteiger partial charge on any atom is -0.444 e. The van der Waals surface area contributed by atoms with Crippen LogP contribution in [0.1, 0.15) is 39.2 Å². The average Bonchev–Trinajstić information content (AvgIpc) is 2.69.